The van der Waals surface area contributed by atoms with E-state index in [4.69, 9.17) is 5.26 Å². The average Bonchev–Trinajstić information content (AvgIpc) is 3.15. The Bertz CT molecular complexity index is 552. The molecule has 94 valence electrons. The van der Waals surface area contributed by atoms with Crippen LogP contribution in [0.2, 0.25) is 0 Å². The summed E-state index contributed by atoms with van der Waals surface area (Å²) in [7, 11) is 1.29. The normalized spacial score (nSPS) is 13.8. The second kappa shape index (κ2) is 4.78. The third-order valence-corrected chi connectivity index (χ3v) is 4.00. The lowest BCUT2D eigenvalue weighted by Crippen LogP contribution is -2.12. The Morgan fingerprint density at radius 2 is 2.17 bits per heavy atom. The molecule has 6 heteroatoms. The van der Waals surface area contributed by atoms with Gasteiger partial charge < -0.3 is 10.1 Å². The van der Waals surface area contributed by atoms with Crippen LogP contribution >= 0.6 is 11.3 Å². The first-order valence-corrected chi connectivity index (χ1v) is 6.32. The predicted molar refractivity (Wildman–Crippen MR) is 66.5 cm³/mol. The first kappa shape index (κ1) is 12.6. The van der Waals surface area contributed by atoms with Crippen molar-refractivity contribution in [2.45, 2.75) is 19.8 Å². The zero-order chi connectivity index (χ0) is 13.3. The number of carbonyl (C=O) groups is 2. The molecule has 0 spiro atoms. The third kappa shape index (κ3) is 2.22. The van der Waals surface area contributed by atoms with Gasteiger partial charge >= 0.3 is 5.97 Å². The van der Waals surface area contributed by atoms with Gasteiger partial charge in [-0.1, -0.05) is 0 Å². The highest BCUT2D eigenvalue weighted by Gasteiger charge is 2.31. The fourth-order valence-electron chi connectivity index (χ4n) is 1.58. The molecule has 2 rings (SSSR count). The second-order valence-corrected chi connectivity index (χ2v) is 5.15. The second-order valence-electron chi connectivity index (χ2n) is 4.13. The fourth-order valence-corrected chi connectivity index (χ4v) is 2.66. The zero-order valence-corrected chi connectivity index (χ0v) is 10.9. The van der Waals surface area contributed by atoms with Gasteiger partial charge in [-0.25, -0.2) is 4.79 Å². The van der Waals surface area contributed by atoms with Crippen molar-refractivity contribution in [2.75, 3.05) is 12.4 Å². The minimum atomic E-state index is -0.485. The van der Waals surface area contributed by atoms with Gasteiger partial charge in [0.15, 0.2) is 0 Å². The summed E-state index contributed by atoms with van der Waals surface area (Å²) in [4.78, 5) is 23.5. The van der Waals surface area contributed by atoms with Crippen LogP contribution in [-0.2, 0) is 9.53 Å². The van der Waals surface area contributed by atoms with Crippen molar-refractivity contribution in [3.05, 3.63) is 16.0 Å². The molecular formula is C12H12N2O3S. The maximum absolute atomic E-state index is 11.7. The molecule has 0 saturated heterocycles. The SMILES string of the molecule is COC(=O)c1sc(NC(=O)C2CC2)c(C#N)c1C. The van der Waals surface area contributed by atoms with Gasteiger partial charge in [-0.05, 0) is 25.3 Å². The summed E-state index contributed by atoms with van der Waals surface area (Å²) in [5.74, 6) is -0.509. The lowest BCUT2D eigenvalue weighted by Gasteiger charge is -2.00. The quantitative estimate of drug-likeness (QED) is 0.847. The van der Waals surface area contributed by atoms with E-state index >= 15 is 0 Å². The first-order chi connectivity index (χ1) is 8.58. The summed E-state index contributed by atoms with van der Waals surface area (Å²) >= 11 is 1.09. The molecule has 0 atom stereocenters. The van der Waals surface area contributed by atoms with Crippen LogP contribution in [0.5, 0.6) is 0 Å². The highest BCUT2D eigenvalue weighted by Crippen LogP contribution is 2.35. The number of esters is 1. The van der Waals surface area contributed by atoms with E-state index in [9.17, 15) is 9.59 Å². The van der Waals surface area contributed by atoms with E-state index in [1.807, 2.05) is 6.07 Å². The molecule has 1 aromatic rings. The van der Waals surface area contributed by atoms with Crippen molar-refractivity contribution in [3.63, 3.8) is 0 Å². The molecule has 1 aromatic heterocycles. The largest absolute Gasteiger partial charge is 0.465 e. The Hall–Kier alpha value is -1.87. The number of nitrogens with zero attached hydrogens (tertiary/aromatic N) is 1. The van der Waals surface area contributed by atoms with E-state index in [1.54, 1.807) is 6.92 Å². The summed E-state index contributed by atoms with van der Waals surface area (Å²) in [5, 5.41) is 12.2. The number of hydrogen-bond donors (Lipinski definition) is 1. The Morgan fingerprint density at radius 3 is 2.67 bits per heavy atom. The topological polar surface area (TPSA) is 79.2 Å². The molecule has 1 aliphatic rings. The van der Waals surface area contributed by atoms with Crippen molar-refractivity contribution in [2.24, 2.45) is 5.92 Å². The summed E-state index contributed by atoms with van der Waals surface area (Å²) in [5.41, 5.74) is 0.898. The Kier molecular flexibility index (Phi) is 3.34. The summed E-state index contributed by atoms with van der Waals surface area (Å²) < 4.78 is 4.64. The number of carbonyl (C=O) groups excluding carboxylic acids is 2. The van der Waals surface area contributed by atoms with Crippen LogP contribution in [0.1, 0.15) is 33.6 Å². The first-order valence-electron chi connectivity index (χ1n) is 5.51. The zero-order valence-electron chi connectivity index (χ0n) is 10.1. The molecule has 5 nitrogen and oxygen atoms in total. The molecular weight excluding hydrogens is 252 g/mol. The van der Waals surface area contributed by atoms with Crippen molar-refractivity contribution in [1.29, 1.82) is 5.26 Å². The Morgan fingerprint density at radius 1 is 1.50 bits per heavy atom. The van der Waals surface area contributed by atoms with E-state index in [1.165, 1.54) is 7.11 Å². The lowest BCUT2D eigenvalue weighted by atomic mass is 10.2. The van der Waals surface area contributed by atoms with Gasteiger partial charge in [-0.2, -0.15) is 5.26 Å². The molecule has 1 heterocycles. The molecule has 0 unspecified atom stereocenters. The van der Waals surface area contributed by atoms with Crippen molar-refractivity contribution in [1.82, 2.24) is 0 Å². The molecule has 1 saturated carbocycles. The standard InChI is InChI=1S/C12H12N2O3S/c1-6-8(5-13)11(14-10(15)7-3-4-7)18-9(6)12(16)17-2/h7H,3-4H2,1-2H3,(H,14,15). The highest BCUT2D eigenvalue weighted by molar-refractivity contribution is 7.18. The van der Waals surface area contributed by atoms with Gasteiger partial charge in [0.25, 0.3) is 0 Å². The third-order valence-electron chi connectivity index (χ3n) is 2.81. The smallest absolute Gasteiger partial charge is 0.348 e. The number of methoxy groups -OCH3 is 1. The van der Waals surface area contributed by atoms with E-state index in [2.05, 4.69) is 10.1 Å². The van der Waals surface area contributed by atoms with Crippen LogP contribution < -0.4 is 5.32 Å². The number of anilines is 1. The minimum Gasteiger partial charge on any atom is -0.465 e. The van der Waals surface area contributed by atoms with E-state index in [0.29, 0.717) is 21.0 Å². The molecule has 18 heavy (non-hydrogen) atoms. The highest BCUT2D eigenvalue weighted by atomic mass is 32.1. The number of amides is 1. The molecule has 1 aliphatic carbocycles. The molecule has 0 aromatic carbocycles. The van der Waals surface area contributed by atoms with E-state index < -0.39 is 5.97 Å². The number of hydrogen-bond acceptors (Lipinski definition) is 5. The van der Waals surface area contributed by atoms with Crippen LogP contribution in [0.15, 0.2) is 0 Å². The number of nitrogens with one attached hydrogen (secondary N) is 1. The van der Waals surface area contributed by atoms with Gasteiger partial charge in [0.05, 0.1) is 12.7 Å². The summed E-state index contributed by atoms with van der Waals surface area (Å²) in [6.07, 6.45) is 1.78. The summed E-state index contributed by atoms with van der Waals surface area (Å²) in [6.45, 7) is 1.67. The van der Waals surface area contributed by atoms with Gasteiger partial charge in [-0.3, -0.25) is 4.79 Å². The molecule has 0 aliphatic heterocycles. The number of ether oxygens (including phenoxy) is 1. The lowest BCUT2D eigenvalue weighted by molar-refractivity contribution is -0.117. The molecule has 0 radical (unpaired) electrons. The van der Waals surface area contributed by atoms with Gasteiger partial charge in [0.1, 0.15) is 15.9 Å². The van der Waals surface area contributed by atoms with Crippen LogP contribution in [0, 0.1) is 24.2 Å². The fraction of sp³-hybridized carbons (Fsp3) is 0.417. The monoisotopic (exact) mass is 264 g/mol. The van der Waals surface area contributed by atoms with Crippen LogP contribution in [0.25, 0.3) is 0 Å². The maximum atomic E-state index is 11.7. The minimum absolute atomic E-state index is 0.0560. The Labute approximate surface area is 108 Å². The molecule has 0 bridgehead atoms. The number of rotatable bonds is 3. The average molecular weight is 264 g/mol. The maximum Gasteiger partial charge on any atom is 0.348 e. The number of nitriles is 1. The Balaban J connectivity index is 2.31. The van der Waals surface area contributed by atoms with Crippen LogP contribution in [-0.4, -0.2) is 19.0 Å². The van der Waals surface area contributed by atoms with Crippen molar-refractivity contribution >= 4 is 28.2 Å². The van der Waals surface area contributed by atoms with Crippen molar-refractivity contribution in [3.8, 4) is 6.07 Å². The van der Waals surface area contributed by atoms with Crippen LogP contribution in [0.3, 0.4) is 0 Å². The van der Waals surface area contributed by atoms with E-state index in [0.717, 1.165) is 24.2 Å². The van der Waals surface area contributed by atoms with Crippen molar-refractivity contribution < 1.29 is 14.3 Å². The van der Waals surface area contributed by atoms with Gasteiger partial charge in [-0.15, -0.1) is 11.3 Å². The molecule has 1 amide bonds. The summed E-state index contributed by atoms with van der Waals surface area (Å²) in [6, 6.07) is 2.02. The van der Waals surface area contributed by atoms with Gasteiger partial charge in [0, 0.05) is 5.92 Å². The van der Waals surface area contributed by atoms with Gasteiger partial charge in [0.2, 0.25) is 5.91 Å². The number of thiophene rings is 1. The molecule has 1 fully saturated rings. The molecule has 1 N–H and O–H groups in total. The van der Waals surface area contributed by atoms with E-state index in [-0.39, 0.29) is 11.8 Å². The van der Waals surface area contributed by atoms with Crippen LogP contribution in [0.4, 0.5) is 5.00 Å². The predicted octanol–water partition coefficient (Wildman–Crippen LogP) is 2.06.